The van der Waals surface area contributed by atoms with Crippen molar-refractivity contribution in [3.05, 3.63) is 65.7 Å². The third kappa shape index (κ3) is 5.10. The number of para-hydroxylation sites is 1. The Hall–Kier alpha value is -2.86. The number of carbonyl (C=O) groups excluding carboxylic acids is 1. The monoisotopic (exact) mass is 380 g/mol. The first kappa shape index (κ1) is 19.9. The van der Waals surface area contributed by atoms with Crippen molar-refractivity contribution in [1.82, 2.24) is 10.6 Å². The predicted octanol–water partition coefficient (Wildman–Crippen LogP) is 3.06. The molecule has 148 valence electrons. The van der Waals surface area contributed by atoms with Gasteiger partial charge in [-0.15, -0.1) is 0 Å². The van der Waals surface area contributed by atoms with Crippen molar-refractivity contribution < 1.29 is 9.53 Å². The third-order valence-corrected chi connectivity index (χ3v) is 4.84. The van der Waals surface area contributed by atoms with Gasteiger partial charge in [0.25, 0.3) is 0 Å². The second-order valence-corrected chi connectivity index (χ2v) is 6.77. The van der Waals surface area contributed by atoms with Crippen LogP contribution in [0.1, 0.15) is 36.5 Å². The van der Waals surface area contributed by atoms with Crippen molar-refractivity contribution in [3.63, 3.8) is 0 Å². The molecule has 2 unspecified atom stereocenters. The highest BCUT2D eigenvalue weighted by Gasteiger charge is 2.24. The number of amides is 1. The second kappa shape index (κ2) is 9.90. The number of guanidine groups is 1. The number of aliphatic imine (C=N–C) groups is 1. The Balaban J connectivity index is 1.66. The Bertz CT molecular complexity index is 807. The minimum atomic E-state index is -0.0992. The van der Waals surface area contributed by atoms with Gasteiger partial charge in [-0.25, -0.2) is 0 Å². The van der Waals surface area contributed by atoms with Crippen LogP contribution in [0.25, 0.3) is 0 Å². The van der Waals surface area contributed by atoms with Crippen LogP contribution in [0.2, 0.25) is 0 Å². The maximum absolute atomic E-state index is 12.0. The predicted molar refractivity (Wildman–Crippen MR) is 113 cm³/mol. The highest BCUT2D eigenvalue weighted by molar-refractivity contribution is 5.94. The van der Waals surface area contributed by atoms with Crippen LogP contribution in [-0.2, 0) is 9.53 Å². The molecule has 0 saturated carbocycles. The fourth-order valence-electron chi connectivity index (χ4n) is 3.40. The molecule has 0 aromatic heterocycles. The maximum Gasteiger partial charge on any atom is 0.225 e. The summed E-state index contributed by atoms with van der Waals surface area (Å²) < 4.78 is 5.60. The zero-order valence-electron chi connectivity index (χ0n) is 16.4. The molecular weight excluding hydrogens is 352 g/mol. The van der Waals surface area contributed by atoms with Crippen LogP contribution in [0.4, 0.5) is 5.69 Å². The Morgan fingerprint density at radius 1 is 1.18 bits per heavy atom. The third-order valence-electron chi connectivity index (χ3n) is 4.84. The van der Waals surface area contributed by atoms with Gasteiger partial charge in [-0.3, -0.25) is 9.79 Å². The lowest BCUT2D eigenvalue weighted by atomic mass is 9.90. The number of nitrogens with zero attached hydrogens (tertiary/aromatic N) is 1. The van der Waals surface area contributed by atoms with Crippen LogP contribution in [0.5, 0.6) is 0 Å². The van der Waals surface area contributed by atoms with E-state index in [4.69, 9.17) is 4.74 Å². The van der Waals surface area contributed by atoms with Gasteiger partial charge in [0.2, 0.25) is 5.91 Å². The standard InChI is InChI=1S/C22H28N4O2/c1-3-23-22(25-15-20(28-2)16-9-5-4-6-10-16)24-14-17-13-21(27)26-19-12-8-7-11-18(17)19/h4-12,17,20H,3,13-15H2,1-2H3,(H,26,27)(H2,23,24,25). The normalized spacial score (nSPS) is 17.4. The van der Waals surface area contributed by atoms with Crippen LogP contribution >= 0.6 is 0 Å². The van der Waals surface area contributed by atoms with Gasteiger partial charge in [0.15, 0.2) is 5.96 Å². The summed E-state index contributed by atoms with van der Waals surface area (Å²) in [6.07, 6.45) is 0.367. The van der Waals surface area contributed by atoms with Gasteiger partial charge < -0.3 is 20.7 Å². The number of ether oxygens (including phenoxy) is 1. The number of fused-ring (bicyclic) bond motifs is 1. The van der Waals surface area contributed by atoms with E-state index in [0.29, 0.717) is 19.5 Å². The van der Waals surface area contributed by atoms with Gasteiger partial charge in [-0.1, -0.05) is 48.5 Å². The Morgan fingerprint density at radius 2 is 1.93 bits per heavy atom. The van der Waals surface area contributed by atoms with E-state index in [1.54, 1.807) is 7.11 Å². The summed E-state index contributed by atoms with van der Waals surface area (Å²) in [5.41, 5.74) is 3.16. The molecule has 1 heterocycles. The van der Waals surface area contributed by atoms with Crippen LogP contribution < -0.4 is 16.0 Å². The fraction of sp³-hybridized carbons (Fsp3) is 0.364. The van der Waals surface area contributed by atoms with Crippen molar-refractivity contribution >= 4 is 17.6 Å². The topological polar surface area (TPSA) is 74.8 Å². The molecule has 2 aromatic rings. The number of benzene rings is 2. The highest BCUT2D eigenvalue weighted by atomic mass is 16.5. The molecule has 2 atom stereocenters. The fourth-order valence-corrected chi connectivity index (χ4v) is 3.40. The lowest BCUT2D eigenvalue weighted by Crippen LogP contribution is -2.41. The Morgan fingerprint density at radius 3 is 2.68 bits per heavy atom. The molecule has 3 N–H and O–H groups in total. The molecule has 2 aromatic carbocycles. The summed E-state index contributed by atoms with van der Waals surface area (Å²) in [4.78, 5) is 16.7. The number of hydrogen-bond acceptors (Lipinski definition) is 3. The molecule has 0 radical (unpaired) electrons. The Labute approximate surface area is 166 Å². The summed E-state index contributed by atoms with van der Waals surface area (Å²) in [5.74, 6) is 0.890. The molecule has 0 aliphatic carbocycles. The van der Waals surface area contributed by atoms with Gasteiger partial charge >= 0.3 is 0 Å². The summed E-state index contributed by atoms with van der Waals surface area (Å²) in [6.45, 7) is 3.94. The smallest absolute Gasteiger partial charge is 0.225 e. The van der Waals surface area contributed by atoms with Gasteiger partial charge in [0.1, 0.15) is 6.10 Å². The molecule has 0 saturated heterocycles. The number of rotatable bonds is 7. The van der Waals surface area contributed by atoms with Gasteiger partial charge in [-0.05, 0) is 24.1 Å². The SMILES string of the molecule is CCNC(=NCC(OC)c1ccccc1)NCC1CC(=O)Nc2ccccc21. The van der Waals surface area contributed by atoms with Crippen molar-refractivity contribution in [1.29, 1.82) is 0 Å². The molecule has 6 nitrogen and oxygen atoms in total. The van der Waals surface area contributed by atoms with Gasteiger partial charge in [0.05, 0.1) is 6.54 Å². The van der Waals surface area contributed by atoms with E-state index in [2.05, 4.69) is 27.0 Å². The van der Waals surface area contributed by atoms with Crippen molar-refractivity contribution in [2.45, 2.75) is 25.4 Å². The molecule has 6 heteroatoms. The quantitative estimate of drug-likeness (QED) is 0.510. The number of hydrogen-bond donors (Lipinski definition) is 3. The van der Waals surface area contributed by atoms with Crippen LogP contribution in [0.15, 0.2) is 59.6 Å². The zero-order chi connectivity index (χ0) is 19.8. The minimum Gasteiger partial charge on any atom is -0.375 e. The summed E-state index contributed by atoms with van der Waals surface area (Å²) >= 11 is 0. The molecule has 0 spiro atoms. The molecule has 1 aliphatic rings. The molecular formula is C22H28N4O2. The first-order chi connectivity index (χ1) is 13.7. The first-order valence-electron chi connectivity index (χ1n) is 9.70. The van der Waals surface area contributed by atoms with E-state index in [-0.39, 0.29) is 17.9 Å². The van der Waals surface area contributed by atoms with Gasteiger partial charge in [-0.2, -0.15) is 0 Å². The van der Waals surface area contributed by atoms with Crippen molar-refractivity contribution in [2.24, 2.45) is 4.99 Å². The lowest BCUT2D eigenvalue weighted by molar-refractivity contribution is -0.116. The summed E-state index contributed by atoms with van der Waals surface area (Å²) in [7, 11) is 1.70. The van der Waals surface area contributed by atoms with Crippen LogP contribution in [0.3, 0.4) is 0 Å². The second-order valence-electron chi connectivity index (χ2n) is 6.77. The summed E-state index contributed by atoms with van der Waals surface area (Å²) in [5, 5.41) is 9.60. The zero-order valence-corrected chi connectivity index (χ0v) is 16.4. The summed E-state index contributed by atoms with van der Waals surface area (Å²) in [6, 6.07) is 18.0. The average Bonchev–Trinajstić information content (AvgIpc) is 2.72. The molecule has 28 heavy (non-hydrogen) atoms. The number of anilines is 1. The average molecular weight is 380 g/mol. The van der Waals surface area contributed by atoms with E-state index >= 15 is 0 Å². The lowest BCUT2D eigenvalue weighted by Gasteiger charge is -2.26. The Kier molecular flexibility index (Phi) is 7.03. The minimum absolute atomic E-state index is 0.0518. The van der Waals surface area contributed by atoms with Gasteiger partial charge in [0, 0.05) is 38.2 Å². The van der Waals surface area contributed by atoms with E-state index in [1.165, 1.54) is 0 Å². The van der Waals surface area contributed by atoms with Crippen LogP contribution in [-0.4, -0.2) is 38.6 Å². The van der Waals surface area contributed by atoms with E-state index in [9.17, 15) is 4.79 Å². The van der Waals surface area contributed by atoms with Crippen LogP contribution in [0, 0.1) is 0 Å². The number of methoxy groups -OCH3 is 1. The molecule has 1 amide bonds. The number of carbonyl (C=O) groups is 1. The first-order valence-corrected chi connectivity index (χ1v) is 9.70. The van der Waals surface area contributed by atoms with E-state index in [1.807, 2.05) is 55.5 Å². The largest absolute Gasteiger partial charge is 0.375 e. The van der Waals surface area contributed by atoms with E-state index in [0.717, 1.165) is 29.3 Å². The highest BCUT2D eigenvalue weighted by Crippen LogP contribution is 2.31. The van der Waals surface area contributed by atoms with Crippen molar-refractivity contribution in [2.75, 3.05) is 32.1 Å². The maximum atomic E-state index is 12.0. The molecule has 1 aliphatic heterocycles. The molecule has 0 fully saturated rings. The van der Waals surface area contributed by atoms with E-state index < -0.39 is 0 Å². The molecule has 0 bridgehead atoms. The van der Waals surface area contributed by atoms with Crippen molar-refractivity contribution in [3.8, 4) is 0 Å². The number of nitrogens with one attached hydrogen (secondary N) is 3. The molecule has 3 rings (SSSR count).